The molecule has 26 heavy (non-hydrogen) atoms. The summed E-state index contributed by atoms with van der Waals surface area (Å²) in [5.74, 6) is 1.07. The number of imidazole rings is 1. The van der Waals surface area contributed by atoms with E-state index in [0.29, 0.717) is 18.4 Å². The second-order valence-corrected chi connectivity index (χ2v) is 10.6. The molecule has 0 radical (unpaired) electrons. The van der Waals surface area contributed by atoms with Crippen LogP contribution in [-0.2, 0) is 27.7 Å². The molecule has 2 heterocycles. The second-order valence-electron chi connectivity index (χ2n) is 8.16. The Kier molecular flexibility index (Phi) is 7.67. The van der Waals surface area contributed by atoms with Crippen LogP contribution in [0.1, 0.15) is 52.7 Å². The Morgan fingerprint density at radius 2 is 2.04 bits per heavy atom. The van der Waals surface area contributed by atoms with Gasteiger partial charge in [-0.2, -0.15) is 0 Å². The molecule has 0 amide bonds. The second kappa shape index (κ2) is 9.33. The Labute approximate surface area is 158 Å². The van der Waals surface area contributed by atoms with E-state index in [0.717, 1.165) is 44.8 Å². The van der Waals surface area contributed by atoms with E-state index in [9.17, 15) is 8.42 Å². The van der Waals surface area contributed by atoms with Gasteiger partial charge in [-0.05, 0) is 51.5 Å². The summed E-state index contributed by atoms with van der Waals surface area (Å²) in [4.78, 5) is 6.74. The van der Waals surface area contributed by atoms with Gasteiger partial charge in [0.25, 0.3) is 0 Å². The number of nitrogens with zero attached hydrogens (tertiary/aromatic N) is 3. The molecular weight excluding hydrogens is 350 g/mol. The van der Waals surface area contributed by atoms with Crippen LogP contribution in [0, 0.1) is 11.8 Å². The zero-order valence-electron chi connectivity index (χ0n) is 16.9. The Morgan fingerprint density at radius 3 is 2.65 bits per heavy atom. The highest BCUT2D eigenvalue weighted by molar-refractivity contribution is 7.91. The van der Waals surface area contributed by atoms with Gasteiger partial charge in [0.15, 0.2) is 0 Å². The maximum Gasteiger partial charge on any atom is 0.228 e. The van der Waals surface area contributed by atoms with E-state index in [2.05, 4.69) is 23.7 Å². The monoisotopic (exact) mass is 385 g/mol. The van der Waals surface area contributed by atoms with E-state index in [4.69, 9.17) is 4.74 Å². The lowest BCUT2D eigenvalue weighted by atomic mass is 9.99. The van der Waals surface area contributed by atoms with E-state index < -0.39 is 15.1 Å². The van der Waals surface area contributed by atoms with Crippen molar-refractivity contribution in [1.82, 2.24) is 14.5 Å². The van der Waals surface area contributed by atoms with Gasteiger partial charge >= 0.3 is 0 Å². The molecular formula is C19H35N3O3S. The summed E-state index contributed by atoms with van der Waals surface area (Å²) in [6.45, 7) is 12.0. The number of piperidine rings is 1. The van der Waals surface area contributed by atoms with Gasteiger partial charge in [-0.25, -0.2) is 13.4 Å². The molecule has 0 aromatic carbocycles. The molecule has 0 N–H and O–H groups in total. The third-order valence-electron chi connectivity index (χ3n) is 5.10. The molecule has 1 aliphatic rings. The van der Waals surface area contributed by atoms with Crippen LogP contribution in [0.15, 0.2) is 11.4 Å². The normalized spacial score (nSPS) is 19.6. The third-order valence-corrected chi connectivity index (χ3v) is 7.17. The molecule has 1 aromatic rings. The van der Waals surface area contributed by atoms with Crippen LogP contribution in [0.4, 0.5) is 0 Å². The lowest BCUT2D eigenvalue weighted by Gasteiger charge is -2.32. The van der Waals surface area contributed by atoms with Crippen molar-refractivity contribution >= 4 is 9.84 Å². The summed E-state index contributed by atoms with van der Waals surface area (Å²) < 4.78 is 32.7. The molecule has 1 unspecified atom stereocenters. The highest BCUT2D eigenvalue weighted by Crippen LogP contribution is 2.22. The number of rotatable bonds is 9. The molecule has 2 rings (SSSR count). The summed E-state index contributed by atoms with van der Waals surface area (Å²) in [5, 5.41) is -0.231. The molecule has 1 atom stereocenters. The first-order valence-corrected chi connectivity index (χ1v) is 11.3. The van der Waals surface area contributed by atoms with Gasteiger partial charge in [0.05, 0.1) is 23.7 Å². The number of methoxy groups -OCH3 is 1. The van der Waals surface area contributed by atoms with Crippen molar-refractivity contribution in [3.8, 4) is 0 Å². The number of hydrogen-bond acceptors (Lipinski definition) is 5. The highest BCUT2D eigenvalue weighted by Gasteiger charge is 2.28. The Bertz CT molecular complexity index is 666. The standard InChI is InChI=1S/C19H35N3O3S/c1-15(2)8-10-22-18(11-20-19(22)26(23,24)16(3)4)13-21-9-6-7-17(12-21)14-25-5/h11,15-17H,6-10,12-14H2,1-5H3. The minimum Gasteiger partial charge on any atom is -0.384 e. The van der Waals surface area contributed by atoms with Gasteiger partial charge in [0, 0.05) is 26.7 Å². The lowest BCUT2D eigenvalue weighted by molar-refractivity contribution is 0.0861. The first kappa shape index (κ1) is 21.4. The number of hydrogen-bond donors (Lipinski definition) is 0. The van der Waals surface area contributed by atoms with Crippen molar-refractivity contribution in [2.24, 2.45) is 11.8 Å². The minimum absolute atomic E-state index is 0.230. The maximum absolute atomic E-state index is 12.7. The van der Waals surface area contributed by atoms with E-state index in [-0.39, 0.29) is 5.16 Å². The van der Waals surface area contributed by atoms with Crippen molar-refractivity contribution in [3.63, 3.8) is 0 Å². The predicted octanol–water partition coefficient (Wildman–Crippen LogP) is 2.97. The van der Waals surface area contributed by atoms with Crippen LogP contribution in [-0.4, -0.2) is 54.9 Å². The van der Waals surface area contributed by atoms with Crippen molar-refractivity contribution < 1.29 is 13.2 Å². The molecule has 0 saturated carbocycles. The first-order chi connectivity index (χ1) is 12.3. The zero-order chi connectivity index (χ0) is 19.3. The van der Waals surface area contributed by atoms with E-state index in [1.165, 1.54) is 6.42 Å². The fourth-order valence-electron chi connectivity index (χ4n) is 3.48. The molecule has 1 aliphatic heterocycles. The zero-order valence-corrected chi connectivity index (χ0v) is 17.8. The fraction of sp³-hybridized carbons (Fsp3) is 0.842. The Hall–Kier alpha value is -0.920. The summed E-state index contributed by atoms with van der Waals surface area (Å²) >= 11 is 0. The van der Waals surface area contributed by atoms with Crippen LogP contribution >= 0.6 is 0 Å². The Balaban J connectivity index is 2.23. The van der Waals surface area contributed by atoms with E-state index in [1.54, 1.807) is 27.2 Å². The summed E-state index contributed by atoms with van der Waals surface area (Å²) in [5.41, 5.74) is 1.00. The number of likely N-dealkylation sites (tertiary alicyclic amines) is 1. The van der Waals surface area contributed by atoms with Gasteiger partial charge in [-0.15, -0.1) is 0 Å². The lowest BCUT2D eigenvalue weighted by Crippen LogP contribution is -2.37. The molecule has 7 heteroatoms. The van der Waals surface area contributed by atoms with E-state index >= 15 is 0 Å². The third kappa shape index (κ3) is 5.30. The topological polar surface area (TPSA) is 64.4 Å². The molecule has 0 aliphatic carbocycles. The van der Waals surface area contributed by atoms with Gasteiger partial charge in [0.1, 0.15) is 0 Å². The maximum atomic E-state index is 12.7. The highest BCUT2D eigenvalue weighted by atomic mass is 32.2. The molecule has 0 bridgehead atoms. The molecule has 1 saturated heterocycles. The predicted molar refractivity (Wildman–Crippen MR) is 104 cm³/mol. The quantitative estimate of drug-likeness (QED) is 0.654. The van der Waals surface area contributed by atoms with Crippen LogP contribution in [0.5, 0.6) is 0 Å². The van der Waals surface area contributed by atoms with Crippen molar-refractivity contribution in [3.05, 3.63) is 11.9 Å². The SMILES string of the molecule is COCC1CCCN(Cc2cnc(S(=O)(=O)C(C)C)n2CCC(C)C)C1. The fourth-order valence-corrected chi connectivity index (χ4v) is 4.62. The molecule has 6 nitrogen and oxygen atoms in total. The Morgan fingerprint density at radius 1 is 1.31 bits per heavy atom. The average molecular weight is 386 g/mol. The summed E-state index contributed by atoms with van der Waals surface area (Å²) in [7, 11) is -1.63. The van der Waals surface area contributed by atoms with Gasteiger partial charge < -0.3 is 9.30 Å². The van der Waals surface area contributed by atoms with Gasteiger partial charge in [0.2, 0.25) is 15.0 Å². The number of aromatic nitrogens is 2. The molecule has 150 valence electrons. The van der Waals surface area contributed by atoms with Crippen molar-refractivity contribution in [2.45, 2.75) is 70.5 Å². The molecule has 0 spiro atoms. The van der Waals surface area contributed by atoms with Crippen LogP contribution < -0.4 is 0 Å². The summed E-state index contributed by atoms with van der Waals surface area (Å²) in [6.07, 6.45) is 5.06. The van der Waals surface area contributed by atoms with Gasteiger partial charge in [-0.1, -0.05) is 13.8 Å². The minimum atomic E-state index is -3.38. The van der Waals surface area contributed by atoms with Crippen LogP contribution in [0.25, 0.3) is 0 Å². The molecule has 1 aromatic heterocycles. The molecule has 1 fully saturated rings. The van der Waals surface area contributed by atoms with Crippen LogP contribution in [0.3, 0.4) is 0 Å². The van der Waals surface area contributed by atoms with Crippen molar-refractivity contribution in [2.75, 3.05) is 26.8 Å². The van der Waals surface area contributed by atoms with Gasteiger partial charge in [-0.3, -0.25) is 4.90 Å². The number of ether oxygens (including phenoxy) is 1. The number of sulfone groups is 1. The first-order valence-electron chi connectivity index (χ1n) is 9.75. The van der Waals surface area contributed by atoms with Crippen molar-refractivity contribution in [1.29, 1.82) is 0 Å². The smallest absolute Gasteiger partial charge is 0.228 e. The summed E-state index contributed by atoms with van der Waals surface area (Å²) in [6, 6.07) is 0. The largest absolute Gasteiger partial charge is 0.384 e. The van der Waals surface area contributed by atoms with E-state index in [1.807, 2.05) is 4.57 Å². The average Bonchev–Trinajstić information content (AvgIpc) is 2.96. The van der Waals surface area contributed by atoms with Crippen LogP contribution in [0.2, 0.25) is 0 Å².